The van der Waals surface area contributed by atoms with Gasteiger partial charge in [-0.2, -0.15) is 0 Å². The second-order valence-electron chi connectivity index (χ2n) is 5.51. The highest BCUT2D eigenvalue weighted by Gasteiger charge is 2.39. The van der Waals surface area contributed by atoms with E-state index in [0.29, 0.717) is 19.7 Å². The van der Waals surface area contributed by atoms with Gasteiger partial charge in [0, 0.05) is 25.8 Å². The van der Waals surface area contributed by atoms with Crippen LogP contribution in [0.15, 0.2) is 24.3 Å². The highest BCUT2D eigenvalue weighted by molar-refractivity contribution is 5.85. The van der Waals surface area contributed by atoms with Crippen LogP contribution in [-0.4, -0.2) is 36.6 Å². The van der Waals surface area contributed by atoms with Crippen LogP contribution >= 0.6 is 0 Å². The van der Waals surface area contributed by atoms with Crippen molar-refractivity contribution in [3.8, 4) is 11.8 Å². The fraction of sp³-hybridized carbons (Fsp3) is 0.471. The maximum absolute atomic E-state index is 12.5. The Kier molecular flexibility index (Phi) is 5.00. The Morgan fingerprint density at radius 1 is 1.48 bits per heavy atom. The number of hydrogen-bond donors (Lipinski definition) is 1. The zero-order valence-corrected chi connectivity index (χ0v) is 12.7. The van der Waals surface area contributed by atoms with E-state index in [1.807, 2.05) is 38.2 Å². The molecule has 0 spiro atoms. The van der Waals surface area contributed by atoms with Crippen LogP contribution in [0.4, 0.5) is 0 Å². The van der Waals surface area contributed by atoms with Gasteiger partial charge >= 0.3 is 0 Å². The maximum Gasteiger partial charge on any atom is 0.254 e. The molecule has 1 aromatic rings. The largest absolute Gasteiger partial charge is 0.365 e. The number of nitrogens with two attached hydrogens (primary N) is 1. The van der Waals surface area contributed by atoms with Gasteiger partial charge < -0.3 is 15.4 Å². The lowest BCUT2D eigenvalue weighted by molar-refractivity contribution is -0.150. The minimum Gasteiger partial charge on any atom is -0.365 e. The number of hydrogen-bond acceptors (Lipinski definition) is 3. The van der Waals surface area contributed by atoms with Gasteiger partial charge in [-0.05, 0) is 31.4 Å². The number of carbonyl (C=O) groups excluding carboxylic acids is 1. The summed E-state index contributed by atoms with van der Waals surface area (Å²) < 4.78 is 5.62. The summed E-state index contributed by atoms with van der Waals surface area (Å²) in [6.07, 6.45) is 1.72. The van der Waals surface area contributed by atoms with E-state index >= 15 is 0 Å². The number of nitrogens with zero attached hydrogens (tertiary/aromatic N) is 1. The molecule has 4 nitrogen and oxygen atoms in total. The van der Waals surface area contributed by atoms with E-state index in [1.165, 1.54) is 0 Å². The minimum absolute atomic E-state index is 0.0292. The van der Waals surface area contributed by atoms with Gasteiger partial charge in [0.1, 0.15) is 5.60 Å². The van der Waals surface area contributed by atoms with E-state index in [1.54, 1.807) is 4.90 Å². The van der Waals surface area contributed by atoms with Gasteiger partial charge in [0.25, 0.3) is 5.91 Å². The predicted molar refractivity (Wildman–Crippen MR) is 82.4 cm³/mol. The Bertz CT molecular complexity index is 566. The SMILES string of the molecule is CN(Cc1ccccc1C#CCN)C(=O)C1(C)CCCO1. The van der Waals surface area contributed by atoms with Crippen LogP contribution in [-0.2, 0) is 16.1 Å². The summed E-state index contributed by atoms with van der Waals surface area (Å²) in [4.78, 5) is 14.3. The molecular formula is C17H22N2O2. The van der Waals surface area contributed by atoms with Crippen LogP contribution < -0.4 is 5.73 Å². The first kappa shape index (κ1) is 15.6. The molecule has 0 aliphatic carbocycles. The Balaban J connectivity index is 2.12. The number of likely N-dealkylation sites (N-methyl/N-ethyl adjacent to an activating group) is 1. The van der Waals surface area contributed by atoms with Crippen molar-refractivity contribution >= 4 is 5.91 Å². The maximum atomic E-state index is 12.5. The lowest BCUT2D eigenvalue weighted by atomic mass is 10.0. The van der Waals surface area contributed by atoms with E-state index in [2.05, 4.69) is 11.8 Å². The zero-order valence-electron chi connectivity index (χ0n) is 12.7. The molecule has 4 heteroatoms. The van der Waals surface area contributed by atoms with Gasteiger partial charge in [-0.3, -0.25) is 4.79 Å². The summed E-state index contributed by atoms with van der Waals surface area (Å²) >= 11 is 0. The molecule has 1 aliphatic rings. The summed E-state index contributed by atoms with van der Waals surface area (Å²) in [5.74, 6) is 5.94. The van der Waals surface area contributed by atoms with Crippen molar-refractivity contribution in [3.05, 3.63) is 35.4 Å². The van der Waals surface area contributed by atoms with Crippen LogP contribution in [0.2, 0.25) is 0 Å². The number of benzene rings is 1. The van der Waals surface area contributed by atoms with Crippen LogP contribution in [0.5, 0.6) is 0 Å². The van der Waals surface area contributed by atoms with Crippen LogP contribution in [0, 0.1) is 11.8 Å². The topological polar surface area (TPSA) is 55.6 Å². The molecule has 1 aliphatic heterocycles. The first-order valence-electron chi connectivity index (χ1n) is 7.23. The van der Waals surface area contributed by atoms with Gasteiger partial charge in [0.05, 0.1) is 6.54 Å². The van der Waals surface area contributed by atoms with Gasteiger partial charge in [-0.15, -0.1) is 0 Å². The van der Waals surface area contributed by atoms with Crippen molar-refractivity contribution < 1.29 is 9.53 Å². The van der Waals surface area contributed by atoms with Crippen molar-refractivity contribution in [2.75, 3.05) is 20.2 Å². The van der Waals surface area contributed by atoms with E-state index < -0.39 is 5.60 Å². The first-order chi connectivity index (χ1) is 10.1. The highest BCUT2D eigenvalue weighted by atomic mass is 16.5. The summed E-state index contributed by atoms with van der Waals surface area (Å²) in [5.41, 5.74) is 6.69. The Labute approximate surface area is 126 Å². The summed E-state index contributed by atoms with van der Waals surface area (Å²) in [6.45, 7) is 3.38. The molecule has 1 unspecified atom stereocenters. The normalized spacial score (nSPS) is 20.7. The minimum atomic E-state index is -0.674. The smallest absolute Gasteiger partial charge is 0.254 e. The molecule has 1 atom stereocenters. The third-order valence-corrected chi connectivity index (χ3v) is 3.77. The van der Waals surface area contributed by atoms with E-state index in [4.69, 9.17) is 10.5 Å². The van der Waals surface area contributed by atoms with E-state index in [-0.39, 0.29) is 5.91 Å². The molecule has 0 radical (unpaired) electrons. The fourth-order valence-electron chi connectivity index (χ4n) is 2.61. The molecule has 1 aromatic carbocycles. The first-order valence-corrected chi connectivity index (χ1v) is 7.23. The van der Waals surface area contributed by atoms with Crippen molar-refractivity contribution in [2.45, 2.75) is 31.9 Å². The molecular weight excluding hydrogens is 264 g/mol. The third-order valence-electron chi connectivity index (χ3n) is 3.77. The monoisotopic (exact) mass is 286 g/mol. The fourth-order valence-corrected chi connectivity index (χ4v) is 2.61. The quantitative estimate of drug-likeness (QED) is 0.857. The molecule has 1 heterocycles. The summed E-state index contributed by atoms with van der Waals surface area (Å²) in [7, 11) is 1.81. The standard InChI is InChI=1S/C17H22N2O2/c1-17(10-6-12-21-17)16(20)19(2)13-15-8-4-3-7-14(15)9-5-11-18/h3-4,7-8H,6,10-13,18H2,1-2H3. The number of carbonyl (C=O) groups is 1. The van der Waals surface area contributed by atoms with Gasteiger partial charge in [0.2, 0.25) is 0 Å². The van der Waals surface area contributed by atoms with Crippen LogP contribution in [0.3, 0.4) is 0 Å². The number of amides is 1. The third kappa shape index (κ3) is 3.63. The molecule has 0 aromatic heterocycles. The predicted octanol–water partition coefficient (Wildman–Crippen LogP) is 1.52. The molecule has 1 fully saturated rings. The molecule has 1 amide bonds. The van der Waals surface area contributed by atoms with E-state index in [0.717, 1.165) is 24.0 Å². The second kappa shape index (κ2) is 6.75. The Morgan fingerprint density at radius 3 is 2.90 bits per heavy atom. The summed E-state index contributed by atoms with van der Waals surface area (Å²) in [6, 6.07) is 7.83. The van der Waals surface area contributed by atoms with Crippen molar-refractivity contribution in [1.82, 2.24) is 4.90 Å². The molecule has 0 saturated carbocycles. The lowest BCUT2D eigenvalue weighted by Gasteiger charge is -2.28. The molecule has 1 saturated heterocycles. The zero-order chi connectivity index (χ0) is 15.3. The molecule has 112 valence electrons. The highest BCUT2D eigenvalue weighted by Crippen LogP contribution is 2.27. The molecule has 21 heavy (non-hydrogen) atoms. The molecule has 0 bridgehead atoms. The Morgan fingerprint density at radius 2 is 2.24 bits per heavy atom. The molecule has 2 N–H and O–H groups in total. The number of ether oxygens (including phenoxy) is 1. The average Bonchev–Trinajstić information content (AvgIpc) is 2.93. The Hall–Kier alpha value is -1.83. The van der Waals surface area contributed by atoms with E-state index in [9.17, 15) is 4.79 Å². The van der Waals surface area contributed by atoms with Crippen LogP contribution in [0.1, 0.15) is 30.9 Å². The van der Waals surface area contributed by atoms with Crippen LogP contribution in [0.25, 0.3) is 0 Å². The van der Waals surface area contributed by atoms with Crippen molar-refractivity contribution in [1.29, 1.82) is 0 Å². The summed E-state index contributed by atoms with van der Waals surface area (Å²) in [5, 5.41) is 0. The van der Waals surface area contributed by atoms with Gasteiger partial charge in [-0.1, -0.05) is 30.0 Å². The molecule has 2 rings (SSSR count). The lowest BCUT2D eigenvalue weighted by Crippen LogP contribution is -2.44. The second-order valence-corrected chi connectivity index (χ2v) is 5.51. The average molecular weight is 286 g/mol. The number of rotatable bonds is 3. The van der Waals surface area contributed by atoms with Gasteiger partial charge in [0.15, 0.2) is 0 Å². The van der Waals surface area contributed by atoms with Crippen molar-refractivity contribution in [3.63, 3.8) is 0 Å². The van der Waals surface area contributed by atoms with Gasteiger partial charge in [-0.25, -0.2) is 0 Å². The van der Waals surface area contributed by atoms with Crippen molar-refractivity contribution in [2.24, 2.45) is 5.73 Å².